The molecule has 7 nitrogen and oxygen atoms in total. The fourth-order valence-corrected chi connectivity index (χ4v) is 5.78. The zero-order chi connectivity index (χ0) is 26.2. The molecule has 194 valence electrons. The van der Waals surface area contributed by atoms with Crippen LogP contribution in [-0.4, -0.2) is 31.8 Å². The normalized spacial score (nSPS) is 18.6. The van der Waals surface area contributed by atoms with Crippen molar-refractivity contribution in [2.75, 3.05) is 13.1 Å². The average Bonchev–Trinajstić information content (AvgIpc) is 2.90. The number of hydrogen-bond acceptors (Lipinski definition) is 6. The SMILES string of the molecule is Cl.N#Cc1ccc(S(=O)(=O)N2CC3=C(NC(N)=NC3c3ccc(F)cc3)/C(=C/c3ccc(F)cc3)C2)cc1. The largest absolute Gasteiger partial charge is 0.370 e. The van der Waals surface area contributed by atoms with Gasteiger partial charge in [0, 0.05) is 18.8 Å². The van der Waals surface area contributed by atoms with E-state index in [2.05, 4.69) is 10.3 Å². The van der Waals surface area contributed by atoms with Crippen molar-refractivity contribution < 1.29 is 17.2 Å². The second-order valence-electron chi connectivity index (χ2n) is 8.62. The minimum Gasteiger partial charge on any atom is -0.370 e. The van der Waals surface area contributed by atoms with Crippen LogP contribution in [0.5, 0.6) is 0 Å². The van der Waals surface area contributed by atoms with E-state index in [1.54, 1.807) is 30.3 Å². The molecule has 0 saturated heterocycles. The van der Waals surface area contributed by atoms with Crippen molar-refractivity contribution in [3.8, 4) is 6.07 Å². The molecule has 0 radical (unpaired) electrons. The van der Waals surface area contributed by atoms with E-state index >= 15 is 0 Å². The van der Waals surface area contributed by atoms with Crippen LogP contribution in [-0.2, 0) is 10.0 Å². The van der Waals surface area contributed by atoms with E-state index in [1.165, 1.54) is 52.8 Å². The van der Waals surface area contributed by atoms with Gasteiger partial charge in [0.25, 0.3) is 0 Å². The molecule has 3 N–H and O–H groups in total. The third-order valence-corrected chi connectivity index (χ3v) is 8.01. The van der Waals surface area contributed by atoms with Crippen LogP contribution in [0, 0.1) is 23.0 Å². The van der Waals surface area contributed by atoms with Gasteiger partial charge in [-0.1, -0.05) is 24.3 Å². The van der Waals surface area contributed by atoms with Crippen molar-refractivity contribution >= 4 is 34.5 Å². The highest BCUT2D eigenvalue weighted by Crippen LogP contribution is 2.38. The van der Waals surface area contributed by atoms with E-state index < -0.39 is 21.9 Å². The van der Waals surface area contributed by atoms with Crippen molar-refractivity contribution in [2.24, 2.45) is 10.7 Å². The minimum absolute atomic E-state index is 0. The van der Waals surface area contributed by atoms with Crippen LogP contribution in [0.25, 0.3) is 6.08 Å². The summed E-state index contributed by atoms with van der Waals surface area (Å²) in [6.45, 7) is 0.0131. The predicted molar refractivity (Wildman–Crippen MR) is 142 cm³/mol. The van der Waals surface area contributed by atoms with Gasteiger partial charge in [0.15, 0.2) is 5.96 Å². The Morgan fingerprint density at radius 3 is 2.18 bits per heavy atom. The highest BCUT2D eigenvalue weighted by molar-refractivity contribution is 7.89. The molecular weight excluding hydrogens is 532 g/mol. The molecule has 1 unspecified atom stereocenters. The number of rotatable bonds is 4. The summed E-state index contributed by atoms with van der Waals surface area (Å²) in [6.07, 6.45) is 1.77. The number of halogens is 3. The van der Waals surface area contributed by atoms with Crippen molar-refractivity contribution in [3.05, 3.63) is 118 Å². The predicted octanol–water partition coefficient (Wildman–Crippen LogP) is 4.26. The van der Waals surface area contributed by atoms with Gasteiger partial charge in [0.05, 0.1) is 16.5 Å². The first-order chi connectivity index (χ1) is 17.7. The van der Waals surface area contributed by atoms with Gasteiger partial charge < -0.3 is 11.1 Å². The van der Waals surface area contributed by atoms with Crippen molar-refractivity contribution in [1.29, 1.82) is 5.26 Å². The lowest BCUT2D eigenvalue weighted by Crippen LogP contribution is -2.46. The van der Waals surface area contributed by atoms with Gasteiger partial charge in [-0.15, -0.1) is 12.4 Å². The minimum atomic E-state index is -3.97. The molecule has 1 atom stereocenters. The van der Waals surface area contributed by atoms with E-state index in [-0.39, 0.29) is 42.2 Å². The summed E-state index contributed by atoms with van der Waals surface area (Å²) in [6, 6.07) is 18.7. The third kappa shape index (κ3) is 5.31. The quantitative estimate of drug-likeness (QED) is 0.501. The van der Waals surface area contributed by atoms with Crippen LogP contribution in [0.1, 0.15) is 22.7 Å². The van der Waals surface area contributed by atoms with Gasteiger partial charge in [0.2, 0.25) is 10.0 Å². The first-order valence-corrected chi connectivity index (χ1v) is 12.7. The summed E-state index contributed by atoms with van der Waals surface area (Å²) in [4.78, 5) is 4.54. The van der Waals surface area contributed by atoms with Crippen molar-refractivity contribution in [3.63, 3.8) is 0 Å². The second kappa shape index (κ2) is 10.8. The summed E-state index contributed by atoms with van der Waals surface area (Å²) >= 11 is 0. The highest BCUT2D eigenvalue weighted by atomic mass is 35.5. The zero-order valence-electron chi connectivity index (χ0n) is 19.8. The molecule has 0 spiro atoms. The summed E-state index contributed by atoms with van der Waals surface area (Å²) < 4.78 is 55.8. The highest BCUT2D eigenvalue weighted by Gasteiger charge is 2.37. The van der Waals surface area contributed by atoms with E-state index in [0.717, 1.165) is 0 Å². The maximum absolute atomic E-state index is 13.7. The fraction of sp³-hybridized carbons (Fsp3) is 0.111. The molecule has 2 aliphatic heterocycles. The van der Waals surface area contributed by atoms with Crippen molar-refractivity contribution in [2.45, 2.75) is 10.9 Å². The van der Waals surface area contributed by atoms with E-state index in [1.807, 2.05) is 6.07 Å². The number of sulfonamides is 1. The molecule has 2 aliphatic rings. The van der Waals surface area contributed by atoms with E-state index in [4.69, 9.17) is 11.0 Å². The Bertz CT molecular complexity index is 1600. The Balaban J connectivity index is 0.00000336. The van der Waals surface area contributed by atoms with Gasteiger partial charge in [0.1, 0.15) is 17.7 Å². The van der Waals surface area contributed by atoms with Gasteiger partial charge >= 0.3 is 0 Å². The standard InChI is InChI=1S/C27H21F2N5O2S.ClH/c28-21-7-1-17(2-8-21)13-20-15-34(37(35,36)23-11-3-18(14-30)4-12-23)16-24-25(32-27(31)33-26(20)24)19-5-9-22(29)10-6-19;/h1-13,25H,15-16H2,(H3,31,32,33);1H/b20-13+;. The van der Waals surface area contributed by atoms with Crippen LogP contribution in [0.4, 0.5) is 8.78 Å². The lowest BCUT2D eigenvalue weighted by atomic mass is 9.90. The molecule has 0 saturated carbocycles. The number of nitriles is 1. The van der Waals surface area contributed by atoms with Gasteiger partial charge in [-0.25, -0.2) is 22.2 Å². The van der Waals surface area contributed by atoms with E-state index in [0.29, 0.717) is 33.5 Å². The lowest BCUT2D eigenvalue weighted by Gasteiger charge is -2.37. The summed E-state index contributed by atoms with van der Waals surface area (Å²) in [5.74, 6) is -0.657. The Hall–Kier alpha value is -4.04. The topological polar surface area (TPSA) is 112 Å². The van der Waals surface area contributed by atoms with Crippen LogP contribution >= 0.6 is 12.4 Å². The number of guanidine groups is 1. The van der Waals surface area contributed by atoms with Gasteiger partial charge in [-0.05, 0) is 76.9 Å². The molecular formula is C27H22ClF2N5O2S. The molecule has 0 fully saturated rings. The molecule has 0 aromatic heterocycles. The second-order valence-corrected chi connectivity index (χ2v) is 10.6. The van der Waals surface area contributed by atoms with Gasteiger partial charge in [-0.2, -0.15) is 9.57 Å². The summed E-state index contributed by atoms with van der Waals surface area (Å²) in [5.41, 5.74) is 9.64. The molecule has 5 rings (SSSR count). The first kappa shape index (κ1) is 27.0. The van der Waals surface area contributed by atoms with Crippen LogP contribution in [0.15, 0.2) is 99.5 Å². The molecule has 0 aliphatic carbocycles. The molecule has 3 aromatic rings. The molecule has 38 heavy (non-hydrogen) atoms. The molecule has 0 bridgehead atoms. The Kier molecular flexibility index (Phi) is 7.64. The first-order valence-electron chi connectivity index (χ1n) is 11.3. The number of nitrogens with one attached hydrogen (secondary N) is 1. The smallest absolute Gasteiger partial charge is 0.243 e. The van der Waals surface area contributed by atoms with Gasteiger partial charge in [-0.3, -0.25) is 0 Å². The average molecular weight is 554 g/mol. The number of hydrogen-bond donors (Lipinski definition) is 2. The molecule has 11 heteroatoms. The molecule has 2 heterocycles. The van der Waals surface area contributed by atoms with Crippen molar-refractivity contribution in [1.82, 2.24) is 9.62 Å². The third-order valence-electron chi connectivity index (χ3n) is 6.20. The number of nitrogens with zero attached hydrogens (tertiary/aromatic N) is 3. The van der Waals surface area contributed by atoms with Crippen LogP contribution in [0.3, 0.4) is 0 Å². The fourth-order valence-electron chi connectivity index (χ4n) is 4.38. The lowest BCUT2D eigenvalue weighted by molar-refractivity contribution is 0.436. The Morgan fingerprint density at radius 1 is 0.974 bits per heavy atom. The Morgan fingerprint density at radius 2 is 1.58 bits per heavy atom. The van der Waals surface area contributed by atoms with E-state index in [9.17, 15) is 17.2 Å². The van der Waals surface area contributed by atoms with Crippen LogP contribution in [0.2, 0.25) is 0 Å². The number of nitrogens with two attached hydrogens (primary N) is 1. The summed E-state index contributed by atoms with van der Waals surface area (Å²) in [5, 5.41) is 12.1. The zero-order valence-corrected chi connectivity index (χ0v) is 21.4. The molecule has 3 aromatic carbocycles. The van der Waals surface area contributed by atoms with Crippen LogP contribution < -0.4 is 11.1 Å². The number of aliphatic imine (C=N–C) groups is 1. The summed E-state index contributed by atoms with van der Waals surface area (Å²) in [7, 11) is -3.97. The maximum Gasteiger partial charge on any atom is 0.243 e. The molecule has 0 amide bonds. The monoisotopic (exact) mass is 553 g/mol. The Labute approximate surface area is 225 Å². The number of benzene rings is 3. The maximum atomic E-state index is 13.7.